The second-order valence-electron chi connectivity index (χ2n) is 7.58. The van der Waals surface area contributed by atoms with Crippen LogP contribution < -0.4 is 20.1 Å². The number of para-hydroxylation sites is 1. The first-order chi connectivity index (χ1) is 15.1. The fourth-order valence-corrected chi connectivity index (χ4v) is 3.38. The maximum atomic E-state index is 12.1. The van der Waals surface area contributed by atoms with Crippen LogP contribution in [0.25, 0.3) is 0 Å². The van der Waals surface area contributed by atoms with E-state index >= 15 is 0 Å². The van der Waals surface area contributed by atoms with E-state index in [1.54, 1.807) is 19.0 Å². The van der Waals surface area contributed by atoms with Gasteiger partial charge in [-0.2, -0.15) is 0 Å². The van der Waals surface area contributed by atoms with Gasteiger partial charge in [0.15, 0.2) is 5.96 Å². The van der Waals surface area contributed by atoms with Crippen molar-refractivity contribution in [3.05, 3.63) is 59.7 Å². The largest absolute Gasteiger partial charge is 0.494 e. The minimum absolute atomic E-state index is 0.0436. The van der Waals surface area contributed by atoms with Gasteiger partial charge in [-0.05, 0) is 37.1 Å². The third kappa shape index (κ3) is 6.64. The smallest absolute Gasteiger partial charge is 0.243 e. The molecular weight excluding hydrogens is 392 g/mol. The fourth-order valence-electron chi connectivity index (χ4n) is 3.38. The molecule has 1 heterocycles. The molecule has 31 heavy (non-hydrogen) atoms. The number of guanidine groups is 1. The molecule has 0 radical (unpaired) electrons. The van der Waals surface area contributed by atoms with Gasteiger partial charge in [0, 0.05) is 32.6 Å². The highest BCUT2D eigenvalue weighted by molar-refractivity contribution is 5.85. The Morgan fingerprint density at radius 2 is 2.06 bits per heavy atom. The second kappa shape index (κ2) is 11.2. The van der Waals surface area contributed by atoms with Crippen molar-refractivity contribution in [2.24, 2.45) is 4.99 Å². The van der Waals surface area contributed by atoms with Crippen molar-refractivity contribution < 1.29 is 14.3 Å². The summed E-state index contributed by atoms with van der Waals surface area (Å²) in [6.07, 6.45) is 1.64. The van der Waals surface area contributed by atoms with Crippen molar-refractivity contribution in [3.8, 4) is 11.5 Å². The first kappa shape index (κ1) is 22.5. The number of amides is 1. The summed E-state index contributed by atoms with van der Waals surface area (Å²) in [4.78, 5) is 18.1. The highest BCUT2D eigenvalue weighted by Crippen LogP contribution is 2.31. The summed E-state index contributed by atoms with van der Waals surface area (Å²) >= 11 is 0. The molecule has 166 valence electrons. The van der Waals surface area contributed by atoms with Crippen LogP contribution in [-0.4, -0.2) is 57.2 Å². The summed E-state index contributed by atoms with van der Waals surface area (Å²) in [5.41, 5.74) is 2.28. The normalized spacial score (nSPS) is 15.5. The van der Waals surface area contributed by atoms with Crippen molar-refractivity contribution in [1.82, 2.24) is 15.5 Å². The van der Waals surface area contributed by atoms with Gasteiger partial charge in [-0.3, -0.25) is 4.79 Å². The number of fused-ring (bicyclic) bond motifs is 1. The molecule has 0 aromatic heterocycles. The van der Waals surface area contributed by atoms with Crippen molar-refractivity contribution >= 4 is 11.9 Å². The average molecular weight is 425 g/mol. The Hall–Kier alpha value is -3.22. The van der Waals surface area contributed by atoms with Crippen LogP contribution in [0.2, 0.25) is 0 Å². The zero-order valence-corrected chi connectivity index (χ0v) is 18.6. The lowest BCUT2D eigenvalue weighted by Crippen LogP contribution is -2.42. The third-order valence-corrected chi connectivity index (χ3v) is 5.06. The number of carbonyl (C=O) groups is 1. The maximum absolute atomic E-state index is 12.1. The number of rotatable bonds is 8. The number of benzene rings is 2. The predicted octanol–water partition coefficient (Wildman–Crippen LogP) is 2.78. The summed E-state index contributed by atoms with van der Waals surface area (Å²) in [5, 5.41) is 6.87. The van der Waals surface area contributed by atoms with Crippen LogP contribution in [0.1, 0.15) is 30.5 Å². The van der Waals surface area contributed by atoms with Crippen molar-refractivity contribution in [1.29, 1.82) is 0 Å². The van der Waals surface area contributed by atoms with Gasteiger partial charge in [-0.15, -0.1) is 0 Å². The van der Waals surface area contributed by atoms with Gasteiger partial charge in [0.1, 0.15) is 18.0 Å². The van der Waals surface area contributed by atoms with E-state index in [9.17, 15) is 4.79 Å². The number of nitrogens with one attached hydrogen (secondary N) is 2. The van der Waals surface area contributed by atoms with Gasteiger partial charge in [0.2, 0.25) is 5.91 Å². The lowest BCUT2D eigenvalue weighted by atomic mass is 10.0. The van der Waals surface area contributed by atoms with E-state index in [0.29, 0.717) is 25.7 Å². The lowest BCUT2D eigenvalue weighted by molar-refractivity contribution is -0.127. The van der Waals surface area contributed by atoms with E-state index in [2.05, 4.69) is 33.8 Å². The molecule has 7 heteroatoms. The van der Waals surface area contributed by atoms with Gasteiger partial charge < -0.3 is 25.0 Å². The van der Waals surface area contributed by atoms with Crippen LogP contribution in [0.15, 0.2) is 53.5 Å². The van der Waals surface area contributed by atoms with Gasteiger partial charge in [-0.1, -0.05) is 30.3 Å². The topological polar surface area (TPSA) is 75.2 Å². The number of carbonyl (C=O) groups excluding carboxylic acids is 1. The molecular formula is C24H32N4O3. The molecule has 0 saturated heterocycles. The van der Waals surface area contributed by atoms with Crippen molar-refractivity contribution in [3.63, 3.8) is 0 Å². The second-order valence-corrected chi connectivity index (χ2v) is 7.58. The number of ether oxygens (including phenoxy) is 2. The third-order valence-electron chi connectivity index (χ3n) is 5.06. The summed E-state index contributed by atoms with van der Waals surface area (Å²) in [6.45, 7) is 4.04. The molecule has 1 unspecified atom stereocenters. The van der Waals surface area contributed by atoms with Gasteiger partial charge in [0.05, 0.1) is 19.3 Å². The van der Waals surface area contributed by atoms with Crippen LogP contribution in [-0.2, 0) is 11.2 Å². The summed E-state index contributed by atoms with van der Waals surface area (Å²) in [6, 6.07) is 16.2. The molecule has 3 rings (SSSR count). The molecule has 0 bridgehead atoms. The highest BCUT2D eigenvalue weighted by atomic mass is 16.5. The minimum atomic E-state index is -0.0436. The first-order valence-electron chi connectivity index (χ1n) is 10.7. The molecule has 1 aliphatic heterocycles. The monoisotopic (exact) mass is 424 g/mol. The molecule has 0 aliphatic carbocycles. The Balaban J connectivity index is 1.66. The zero-order chi connectivity index (χ0) is 22.1. The molecule has 1 aliphatic rings. The van der Waals surface area contributed by atoms with E-state index in [1.165, 1.54) is 5.56 Å². The summed E-state index contributed by atoms with van der Waals surface area (Å²) < 4.78 is 11.3. The van der Waals surface area contributed by atoms with Gasteiger partial charge in [0.25, 0.3) is 0 Å². The van der Waals surface area contributed by atoms with Crippen LogP contribution in [0.4, 0.5) is 0 Å². The summed E-state index contributed by atoms with van der Waals surface area (Å²) in [7, 11) is 3.47. The van der Waals surface area contributed by atoms with Gasteiger partial charge in [-0.25, -0.2) is 4.99 Å². The number of nitrogens with zero attached hydrogens (tertiary/aromatic N) is 2. The first-order valence-corrected chi connectivity index (χ1v) is 10.7. The molecule has 1 amide bonds. The standard InChI is InChI=1S/C24H32N4O3/c1-4-30-19-9-7-8-18(16-19)12-14-25-24(26-17-23(29)28(2)3)27-21-13-15-31-22-11-6-5-10-20(21)22/h5-11,16,21H,4,12-15,17H2,1-3H3,(H2,25,26,27). The van der Waals surface area contributed by atoms with Crippen LogP contribution in [0.3, 0.4) is 0 Å². The summed E-state index contributed by atoms with van der Waals surface area (Å²) in [5.74, 6) is 2.35. The van der Waals surface area contributed by atoms with Gasteiger partial charge >= 0.3 is 0 Å². The molecule has 0 fully saturated rings. The number of hydrogen-bond donors (Lipinski definition) is 2. The predicted molar refractivity (Wildman–Crippen MR) is 123 cm³/mol. The van der Waals surface area contributed by atoms with E-state index in [4.69, 9.17) is 9.47 Å². The molecule has 2 N–H and O–H groups in total. The molecule has 0 saturated carbocycles. The SMILES string of the molecule is CCOc1cccc(CCNC(=NCC(=O)N(C)C)NC2CCOc3ccccc32)c1. The Kier molecular flexibility index (Phi) is 8.15. The van der Waals surface area contributed by atoms with E-state index < -0.39 is 0 Å². The van der Waals surface area contributed by atoms with Crippen LogP contribution in [0, 0.1) is 0 Å². The van der Waals surface area contributed by atoms with E-state index in [1.807, 2.05) is 37.3 Å². The lowest BCUT2D eigenvalue weighted by Gasteiger charge is -2.28. The molecule has 0 spiro atoms. The Morgan fingerprint density at radius 1 is 1.23 bits per heavy atom. The minimum Gasteiger partial charge on any atom is -0.494 e. The number of aliphatic imine (C=N–C) groups is 1. The molecule has 1 atom stereocenters. The average Bonchev–Trinajstić information content (AvgIpc) is 2.77. The quantitative estimate of drug-likeness (QED) is 0.504. The number of hydrogen-bond acceptors (Lipinski definition) is 4. The van der Waals surface area contributed by atoms with Crippen molar-refractivity contribution in [2.75, 3.05) is 40.4 Å². The highest BCUT2D eigenvalue weighted by Gasteiger charge is 2.22. The fraction of sp³-hybridized carbons (Fsp3) is 0.417. The van der Waals surface area contributed by atoms with Crippen LogP contribution in [0.5, 0.6) is 11.5 Å². The Morgan fingerprint density at radius 3 is 2.87 bits per heavy atom. The van der Waals surface area contributed by atoms with E-state index in [0.717, 1.165) is 29.9 Å². The zero-order valence-electron chi connectivity index (χ0n) is 18.6. The van der Waals surface area contributed by atoms with Crippen molar-refractivity contribution in [2.45, 2.75) is 25.8 Å². The molecule has 2 aromatic rings. The maximum Gasteiger partial charge on any atom is 0.243 e. The molecule has 7 nitrogen and oxygen atoms in total. The van der Waals surface area contributed by atoms with Crippen LogP contribution >= 0.6 is 0 Å². The Bertz CT molecular complexity index is 898. The number of likely N-dealkylation sites (N-methyl/N-ethyl adjacent to an activating group) is 1. The Labute approximate surface area is 184 Å². The molecule has 2 aromatic carbocycles. The van der Waals surface area contributed by atoms with E-state index in [-0.39, 0.29) is 18.5 Å².